The van der Waals surface area contributed by atoms with E-state index in [2.05, 4.69) is 25.2 Å². The van der Waals surface area contributed by atoms with E-state index >= 15 is 0 Å². The molecule has 0 spiro atoms. The van der Waals surface area contributed by atoms with Crippen LogP contribution in [0.2, 0.25) is 0 Å². The summed E-state index contributed by atoms with van der Waals surface area (Å²) in [5.74, 6) is 0.933. The topological polar surface area (TPSA) is 21.3 Å². The molecule has 1 aliphatic rings. The summed E-state index contributed by atoms with van der Waals surface area (Å²) >= 11 is 0. The Hall–Kier alpha value is -0.920. The second-order valence-electron chi connectivity index (χ2n) is 2.76. The molecule has 1 aliphatic heterocycles. The molecule has 0 amide bonds. The van der Waals surface area contributed by atoms with Gasteiger partial charge in [-0.05, 0) is 32.4 Å². The Morgan fingerprint density at radius 2 is 2.36 bits per heavy atom. The minimum absolute atomic E-state index is 0.444. The number of ether oxygens (including phenoxy) is 1. The normalized spacial score (nSPS) is 23.4. The summed E-state index contributed by atoms with van der Waals surface area (Å²) in [6.45, 7) is 6.95. The lowest BCUT2D eigenvalue weighted by Crippen LogP contribution is -2.25. The first-order valence-corrected chi connectivity index (χ1v) is 4.01. The van der Waals surface area contributed by atoms with Crippen molar-refractivity contribution in [1.29, 1.82) is 0 Å². The summed E-state index contributed by atoms with van der Waals surface area (Å²) in [6.07, 6.45) is 3.99. The van der Waals surface area contributed by atoms with Crippen LogP contribution in [0.1, 0.15) is 20.8 Å². The summed E-state index contributed by atoms with van der Waals surface area (Å²) in [7, 11) is 0. The van der Waals surface area contributed by atoms with Gasteiger partial charge < -0.3 is 10.1 Å². The summed E-state index contributed by atoms with van der Waals surface area (Å²) < 4.78 is 5.32. The van der Waals surface area contributed by atoms with Crippen LogP contribution in [-0.4, -0.2) is 12.6 Å². The molecule has 1 rings (SSSR count). The molecule has 0 fully saturated rings. The molecule has 2 nitrogen and oxygen atoms in total. The van der Waals surface area contributed by atoms with Crippen molar-refractivity contribution in [1.82, 2.24) is 5.32 Å². The standard InChI is InChI=1S/C9H15NO/c1-4-11-9-5-7(2)8(3)10-6-9/h5-6,8,10H,4H2,1-3H3. The molecule has 0 bridgehead atoms. The third-order valence-corrected chi connectivity index (χ3v) is 1.84. The van der Waals surface area contributed by atoms with Crippen LogP contribution in [0.4, 0.5) is 0 Å². The van der Waals surface area contributed by atoms with Crippen LogP contribution in [0, 0.1) is 0 Å². The number of nitrogens with one attached hydrogen (secondary N) is 1. The second-order valence-corrected chi connectivity index (χ2v) is 2.76. The van der Waals surface area contributed by atoms with Crippen LogP contribution in [0.15, 0.2) is 23.6 Å². The monoisotopic (exact) mass is 153 g/mol. The highest BCUT2D eigenvalue weighted by Gasteiger charge is 2.07. The van der Waals surface area contributed by atoms with Crippen LogP contribution < -0.4 is 5.32 Å². The average Bonchev–Trinajstić information content (AvgIpc) is 1.98. The quantitative estimate of drug-likeness (QED) is 0.653. The van der Waals surface area contributed by atoms with Crippen molar-refractivity contribution in [3.63, 3.8) is 0 Å². The smallest absolute Gasteiger partial charge is 0.134 e. The molecule has 1 atom stereocenters. The first-order chi connectivity index (χ1) is 5.24. The molecule has 0 aromatic carbocycles. The predicted octanol–water partition coefficient (Wildman–Crippen LogP) is 1.80. The molecule has 0 saturated carbocycles. The SMILES string of the molecule is CCOC1=CNC(C)C(C)=C1. The molecule has 1 heterocycles. The summed E-state index contributed by atoms with van der Waals surface area (Å²) in [5.41, 5.74) is 1.32. The summed E-state index contributed by atoms with van der Waals surface area (Å²) in [5, 5.41) is 3.21. The molecule has 1 unspecified atom stereocenters. The van der Waals surface area contributed by atoms with Crippen molar-refractivity contribution in [2.24, 2.45) is 0 Å². The predicted molar refractivity (Wildman–Crippen MR) is 46.1 cm³/mol. The molecule has 0 aliphatic carbocycles. The van der Waals surface area contributed by atoms with Gasteiger partial charge in [-0.3, -0.25) is 0 Å². The Labute approximate surface area is 67.9 Å². The Morgan fingerprint density at radius 3 is 2.91 bits per heavy atom. The third-order valence-electron chi connectivity index (χ3n) is 1.84. The lowest BCUT2D eigenvalue weighted by atomic mass is 10.1. The van der Waals surface area contributed by atoms with Crippen molar-refractivity contribution in [2.45, 2.75) is 26.8 Å². The molecule has 0 radical (unpaired) electrons. The number of rotatable bonds is 2. The summed E-state index contributed by atoms with van der Waals surface area (Å²) in [4.78, 5) is 0. The van der Waals surface area contributed by atoms with E-state index in [1.165, 1.54) is 5.57 Å². The number of allylic oxidation sites excluding steroid dienone is 1. The maximum Gasteiger partial charge on any atom is 0.134 e. The number of dihydropyridines is 1. The highest BCUT2D eigenvalue weighted by atomic mass is 16.5. The first kappa shape index (κ1) is 8.18. The van der Waals surface area contributed by atoms with Gasteiger partial charge in [-0.1, -0.05) is 0 Å². The zero-order valence-corrected chi connectivity index (χ0v) is 7.35. The number of hydrogen-bond donors (Lipinski definition) is 1. The zero-order chi connectivity index (χ0) is 8.27. The van der Waals surface area contributed by atoms with Gasteiger partial charge in [0.15, 0.2) is 0 Å². The van der Waals surface area contributed by atoms with E-state index in [0.29, 0.717) is 6.04 Å². The minimum atomic E-state index is 0.444. The first-order valence-electron chi connectivity index (χ1n) is 4.01. The molecule has 11 heavy (non-hydrogen) atoms. The van der Waals surface area contributed by atoms with Crippen molar-refractivity contribution in [2.75, 3.05) is 6.61 Å². The van der Waals surface area contributed by atoms with Crippen molar-refractivity contribution < 1.29 is 4.74 Å². The van der Waals surface area contributed by atoms with E-state index in [1.807, 2.05) is 13.1 Å². The Kier molecular flexibility index (Phi) is 2.58. The van der Waals surface area contributed by atoms with Gasteiger partial charge in [0.25, 0.3) is 0 Å². The molecule has 62 valence electrons. The Balaban J connectivity index is 2.59. The molecule has 0 aromatic rings. The third kappa shape index (κ3) is 2.00. The Morgan fingerprint density at radius 1 is 1.64 bits per heavy atom. The molecular weight excluding hydrogens is 138 g/mol. The van der Waals surface area contributed by atoms with E-state index in [1.54, 1.807) is 0 Å². The van der Waals surface area contributed by atoms with Gasteiger partial charge in [0.2, 0.25) is 0 Å². The maximum absolute atomic E-state index is 5.32. The van der Waals surface area contributed by atoms with Gasteiger partial charge in [-0.2, -0.15) is 0 Å². The average molecular weight is 153 g/mol. The highest BCUT2D eigenvalue weighted by Crippen LogP contribution is 2.11. The van der Waals surface area contributed by atoms with Crippen molar-refractivity contribution >= 4 is 0 Å². The van der Waals surface area contributed by atoms with E-state index in [9.17, 15) is 0 Å². The van der Waals surface area contributed by atoms with Crippen LogP contribution >= 0.6 is 0 Å². The molecular formula is C9H15NO. The van der Waals surface area contributed by atoms with E-state index in [0.717, 1.165) is 12.4 Å². The van der Waals surface area contributed by atoms with Crippen LogP contribution in [0.3, 0.4) is 0 Å². The van der Waals surface area contributed by atoms with Crippen molar-refractivity contribution in [3.8, 4) is 0 Å². The summed E-state index contributed by atoms with van der Waals surface area (Å²) in [6, 6.07) is 0.444. The largest absolute Gasteiger partial charge is 0.492 e. The van der Waals surface area contributed by atoms with Gasteiger partial charge in [-0.15, -0.1) is 0 Å². The van der Waals surface area contributed by atoms with Crippen LogP contribution in [0.25, 0.3) is 0 Å². The number of hydrogen-bond acceptors (Lipinski definition) is 2. The van der Waals surface area contributed by atoms with Gasteiger partial charge >= 0.3 is 0 Å². The van der Waals surface area contributed by atoms with E-state index in [-0.39, 0.29) is 0 Å². The molecule has 2 heteroatoms. The fourth-order valence-electron chi connectivity index (χ4n) is 0.980. The molecule has 0 aromatic heterocycles. The fourth-order valence-corrected chi connectivity index (χ4v) is 0.980. The zero-order valence-electron chi connectivity index (χ0n) is 7.35. The minimum Gasteiger partial charge on any atom is -0.492 e. The fraction of sp³-hybridized carbons (Fsp3) is 0.556. The van der Waals surface area contributed by atoms with E-state index < -0.39 is 0 Å². The van der Waals surface area contributed by atoms with Gasteiger partial charge in [-0.25, -0.2) is 0 Å². The highest BCUT2D eigenvalue weighted by molar-refractivity contribution is 5.25. The van der Waals surface area contributed by atoms with Crippen LogP contribution in [-0.2, 0) is 4.74 Å². The van der Waals surface area contributed by atoms with Crippen molar-refractivity contribution in [3.05, 3.63) is 23.6 Å². The lowest BCUT2D eigenvalue weighted by Gasteiger charge is -2.19. The lowest BCUT2D eigenvalue weighted by molar-refractivity contribution is 0.237. The van der Waals surface area contributed by atoms with Gasteiger partial charge in [0, 0.05) is 12.2 Å². The van der Waals surface area contributed by atoms with Gasteiger partial charge in [0.1, 0.15) is 5.76 Å². The second kappa shape index (κ2) is 3.46. The van der Waals surface area contributed by atoms with Gasteiger partial charge in [0.05, 0.1) is 6.61 Å². The maximum atomic E-state index is 5.32. The molecule has 1 N–H and O–H groups in total. The van der Waals surface area contributed by atoms with Crippen LogP contribution in [0.5, 0.6) is 0 Å². The Bertz CT molecular complexity index is 194. The van der Waals surface area contributed by atoms with E-state index in [4.69, 9.17) is 4.74 Å². The molecule has 0 saturated heterocycles.